The third-order valence-electron chi connectivity index (χ3n) is 2.34. The topological polar surface area (TPSA) is 54.9 Å². The molecule has 2 rings (SSSR count). The highest BCUT2D eigenvalue weighted by atomic mass is 32.1. The number of carbonyl (C=O) groups excluding carboxylic acids is 1. The minimum Gasteiger partial charge on any atom is -0.310 e. The predicted octanol–water partition coefficient (Wildman–Crippen LogP) is 2.84. The first-order valence-corrected chi connectivity index (χ1v) is 6.68. The number of anilines is 1. The average Bonchev–Trinajstić information content (AvgIpc) is 2.78. The van der Waals surface area contributed by atoms with Gasteiger partial charge in [-0.3, -0.25) is 4.79 Å². The van der Waals surface area contributed by atoms with Crippen LogP contribution in [-0.4, -0.2) is 15.9 Å². The first-order valence-electron chi connectivity index (χ1n) is 5.80. The molecular weight excluding hydrogens is 246 g/mol. The molecule has 0 aliphatic heterocycles. The summed E-state index contributed by atoms with van der Waals surface area (Å²) < 4.78 is 0. The summed E-state index contributed by atoms with van der Waals surface area (Å²) in [6.45, 7) is 4.19. The summed E-state index contributed by atoms with van der Waals surface area (Å²) in [6.07, 6.45) is 1.94. The molecular formula is C13H15N3OS. The molecule has 0 aromatic carbocycles. The Hall–Kier alpha value is -1.75. The molecule has 0 saturated heterocycles. The largest absolute Gasteiger partial charge is 0.310 e. The fraction of sp³-hybridized carbons (Fsp3) is 0.308. The third-order valence-corrected chi connectivity index (χ3v) is 3.53. The van der Waals surface area contributed by atoms with Crippen molar-refractivity contribution in [1.29, 1.82) is 0 Å². The van der Waals surface area contributed by atoms with Crippen LogP contribution in [0.3, 0.4) is 0 Å². The van der Waals surface area contributed by atoms with Gasteiger partial charge in [0.05, 0.1) is 17.1 Å². The maximum Gasteiger partial charge on any atom is 0.231 e. The predicted molar refractivity (Wildman–Crippen MR) is 72.8 cm³/mol. The Kier molecular flexibility index (Phi) is 4.04. The minimum absolute atomic E-state index is 0.0886. The molecule has 94 valence electrons. The molecule has 4 nitrogen and oxygen atoms in total. The van der Waals surface area contributed by atoms with Gasteiger partial charge in [0, 0.05) is 17.5 Å². The monoisotopic (exact) mass is 261 g/mol. The highest BCUT2D eigenvalue weighted by Gasteiger charge is 2.10. The summed E-state index contributed by atoms with van der Waals surface area (Å²) in [6, 6.07) is 5.41. The van der Waals surface area contributed by atoms with Crippen LogP contribution in [0.4, 0.5) is 5.82 Å². The van der Waals surface area contributed by atoms with Gasteiger partial charge in [-0.15, -0.1) is 11.3 Å². The van der Waals surface area contributed by atoms with Crippen LogP contribution in [0.15, 0.2) is 29.8 Å². The molecule has 0 fully saturated rings. The Morgan fingerprint density at radius 2 is 2.28 bits per heavy atom. The highest BCUT2D eigenvalue weighted by Crippen LogP contribution is 2.19. The van der Waals surface area contributed by atoms with Crippen molar-refractivity contribution in [2.75, 3.05) is 5.32 Å². The Morgan fingerprint density at radius 3 is 2.89 bits per heavy atom. The van der Waals surface area contributed by atoms with Gasteiger partial charge in [-0.1, -0.05) is 19.9 Å². The summed E-state index contributed by atoms with van der Waals surface area (Å²) in [5.41, 5.74) is 0.817. The summed E-state index contributed by atoms with van der Waals surface area (Å²) in [4.78, 5) is 20.2. The van der Waals surface area contributed by atoms with Gasteiger partial charge in [0.15, 0.2) is 0 Å². The van der Waals surface area contributed by atoms with E-state index in [0.29, 0.717) is 18.2 Å². The standard InChI is InChI=1S/C13H15N3OS/c1-9(2)13-15-10(8-18-13)7-12(17)16-11-5-3-4-6-14-11/h3-6,8-9H,7H2,1-2H3,(H,14,16,17). The summed E-state index contributed by atoms with van der Waals surface area (Å²) >= 11 is 1.60. The number of nitrogens with zero attached hydrogens (tertiary/aromatic N) is 2. The maximum atomic E-state index is 11.8. The second-order valence-corrected chi connectivity index (χ2v) is 5.16. The van der Waals surface area contributed by atoms with Crippen molar-refractivity contribution in [3.8, 4) is 0 Å². The van der Waals surface area contributed by atoms with Crippen LogP contribution in [0, 0.1) is 0 Å². The second kappa shape index (κ2) is 5.73. The lowest BCUT2D eigenvalue weighted by atomic mass is 10.2. The van der Waals surface area contributed by atoms with Crippen LogP contribution < -0.4 is 5.32 Å². The van der Waals surface area contributed by atoms with Crippen LogP contribution in [0.1, 0.15) is 30.5 Å². The zero-order chi connectivity index (χ0) is 13.0. The molecule has 0 spiro atoms. The van der Waals surface area contributed by atoms with Crippen molar-refractivity contribution in [2.24, 2.45) is 0 Å². The minimum atomic E-state index is -0.0886. The summed E-state index contributed by atoms with van der Waals surface area (Å²) in [5.74, 6) is 0.888. The molecule has 0 radical (unpaired) electrons. The number of amides is 1. The molecule has 0 aliphatic rings. The molecule has 0 atom stereocenters. The molecule has 5 heteroatoms. The molecule has 1 amide bonds. The molecule has 0 aliphatic carbocycles. The number of nitrogens with one attached hydrogen (secondary N) is 1. The maximum absolute atomic E-state index is 11.8. The van der Waals surface area contributed by atoms with Gasteiger partial charge in [-0.05, 0) is 12.1 Å². The van der Waals surface area contributed by atoms with E-state index in [9.17, 15) is 4.79 Å². The quantitative estimate of drug-likeness (QED) is 0.920. The number of hydrogen-bond donors (Lipinski definition) is 1. The number of aromatic nitrogens is 2. The van der Waals surface area contributed by atoms with E-state index in [1.54, 1.807) is 23.6 Å². The normalized spacial score (nSPS) is 10.6. The third kappa shape index (κ3) is 3.37. The SMILES string of the molecule is CC(C)c1nc(CC(=O)Nc2ccccn2)cs1. The van der Waals surface area contributed by atoms with E-state index < -0.39 is 0 Å². The zero-order valence-corrected chi connectivity index (χ0v) is 11.2. The van der Waals surface area contributed by atoms with E-state index in [1.807, 2.05) is 17.5 Å². The lowest BCUT2D eigenvalue weighted by Crippen LogP contribution is -2.15. The second-order valence-electron chi connectivity index (χ2n) is 4.27. The van der Waals surface area contributed by atoms with Gasteiger partial charge >= 0.3 is 0 Å². The van der Waals surface area contributed by atoms with Crippen molar-refractivity contribution >= 4 is 23.1 Å². The van der Waals surface area contributed by atoms with Gasteiger partial charge in [0.1, 0.15) is 5.82 Å². The van der Waals surface area contributed by atoms with Gasteiger partial charge in [0.25, 0.3) is 0 Å². The van der Waals surface area contributed by atoms with Crippen LogP contribution in [0.2, 0.25) is 0 Å². The number of rotatable bonds is 4. The van der Waals surface area contributed by atoms with Gasteiger partial charge < -0.3 is 5.32 Å². The number of thiazole rings is 1. The van der Waals surface area contributed by atoms with E-state index in [0.717, 1.165) is 10.7 Å². The summed E-state index contributed by atoms with van der Waals surface area (Å²) in [7, 11) is 0. The molecule has 2 aromatic heterocycles. The molecule has 2 heterocycles. The fourth-order valence-electron chi connectivity index (χ4n) is 1.46. The van der Waals surface area contributed by atoms with Crippen molar-refractivity contribution in [3.05, 3.63) is 40.5 Å². The Bertz CT molecular complexity index is 522. The summed E-state index contributed by atoms with van der Waals surface area (Å²) in [5, 5.41) is 5.75. The first kappa shape index (κ1) is 12.7. The van der Waals surface area contributed by atoms with Crippen LogP contribution in [0.5, 0.6) is 0 Å². The van der Waals surface area contributed by atoms with Crippen molar-refractivity contribution < 1.29 is 4.79 Å². The van der Waals surface area contributed by atoms with E-state index in [1.165, 1.54) is 0 Å². The molecule has 0 saturated carbocycles. The number of carbonyl (C=O) groups is 1. The lowest BCUT2D eigenvalue weighted by molar-refractivity contribution is -0.115. The molecule has 0 bridgehead atoms. The van der Waals surface area contributed by atoms with Gasteiger partial charge in [-0.25, -0.2) is 9.97 Å². The van der Waals surface area contributed by atoms with Gasteiger partial charge in [-0.2, -0.15) is 0 Å². The molecule has 2 aromatic rings. The van der Waals surface area contributed by atoms with Crippen LogP contribution >= 0.6 is 11.3 Å². The Labute approximate surface area is 110 Å². The average molecular weight is 261 g/mol. The highest BCUT2D eigenvalue weighted by molar-refractivity contribution is 7.09. The fourth-order valence-corrected chi connectivity index (χ4v) is 2.29. The van der Waals surface area contributed by atoms with Crippen LogP contribution in [-0.2, 0) is 11.2 Å². The van der Waals surface area contributed by atoms with Crippen molar-refractivity contribution in [2.45, 2.75) is 26.2 Å². The Morgan fingerprint density at radius 1 is 1.44 bits per heavy atom. The lowest BCUT2D eigenvalue weighted by Gasteiger charge is -2.02. The van der Waals surface area contributed by atoms with Gasteiger partial charge in [0.2, 0.25) is 5.91 Å². The van der Waals surface area contributed by atoms with Crippen molar-refractivity contribution in [3.63, 3.8) is 0 Å². The molecule has 0 unspecified atom stereocenters. The number of pyridine rings is 1. The number of hydrogen-bond acceptors (Lipinski definition) is 4. The molecule has 18 heavy (non-hydrogen) atoms. The van der Waals surface area contributed by atoms with E-state index in [4.69, 9.17) is 0 Å². The van der Waals surface area contributed by atoms with E-state index >= 15 is 0 Å². The molecule has 1 N–H and O–H groups in total. The smallest absolute Gasteiger partial charge is 0.231 e. The van der Waals surface area contributed by atoms with E-state index in [-0.39, 0.29) is 5.91 Å². The first-order chi connectivity index (χ1) is 8.65. The van der Waals surface area contributed by atoms with Crippen LogP contribution in [0.25, 0.3) is 0 Å². The van der Waals surface area contributed by atoms with E-state index in [2.05, 4.69) is 29.1 Å². The van der Waals surface area contributed by atoms with Crippen molar-refractivity contribution in [1.82, 2.24) is 9.97 Å². The Balaban J connectivity index is 1.95. The zero-order valence-electron chi connectivity index (χ0n) is 10.4.